The van der Waals surface area contributed by atoms with Crippen LogP contribution in [-0.4, -0.2) is 55.8 Å². The van der Waals surface area contributed by atoms with Crippen molar-refractivity contribution in [2.24, 2.45) is 5.92 Å². The average molecular weight is 487 g/mol. The van der Waals surface area contributed by atoms with Gasteiger partial charge in [0.1, 0.15) is 6.04 Å². The maximum atomic E-state index is 13.4. The zero-order chi connectivity index (χ0) is 25.1. The Morgan fingerprint density at radius 1 is 1.14 bits per heavy atom. The number of H-pyrrole nitrogens is 1. The van der Waals surface area contributed by atoms with Gasteiger partial charge >= 0.3 is 5.97 Å². The Morgan fingerprint density at radius 3 is 2.67 bits per heavy atom. The fraction of sp³-hybridized carbons (Fsp3) is 0.370. The third-order valence-corrected chi connectivity index (χ3v) is 6.82. The van der Waals surface area contributed by atoms with Crippen LogP contribution in [0.4, 0.5) is 0 Å². The highest BCUT2D eigenvalue weighted by atomic mass is 16.5. The molecule has 1 saturated heterocycles. The molecule has 0 unspecified atom stereocenters. The van der Waals surface area contributed by atoms with Crippen LogP contribution in [0.15, 0.2) is 59.4 Å². The number of aromatic nitrogens is 5. The van der Waals surface area contributed by atoms with E-state index in [-0.39, 0.29) is 17.4 Å². The Bertz CT molecular complexity index is 1410. The van der Waals surface area contributed by atoms with Crippen molar-refractivity contribution in [2.75, 3.05) is 19.7 Å². The zero-order valence-corrected chi connectivity index (χ0v) is 20.6. The quantitative estimate of drug-likeness (QED) is 0.400. The molecule has 0 aliphatic carbocycles. The molecule has 0 amide bonds. The number of aromatic amines is 1. The monoisotopic (exact) mass is 486 g/mol. The number of ether oxygens (including phenoxy) is 1. The third-order valence-electron chi connectivity index (χ3n) is 6.82. The number of piperidine rings is 1. The molecule has 0 radical (unpaired) electrons. The van der Waals surface area contributed by atoms with Crippen molar-refractivity contribution >= 4 is 16.9 Å². The van der Waals surface area contributed by atoms with Crippen molar-refractivity contribution in [2.45, 2.75) is 39.3 Å². The van der Waals surface area contributed by atoms with E-state index in [1.165, 1.54) is 0 Å². The van der Waals surface area contributed by atoms with Gasteiger partial charge in [-0.15, -0.1) is 5.10 Å². The van der Waals surface area contributed by atoms with Crippen LogP contribution in [0.25, 0.3) is 10.9 Å². The number of likely N-dealkylation sites (tertiary alicyclic amines) is 1. The van der Waals surface area contributed by atoms with E-state index in [2.05, 4.69) is 31.5 Å². The molecular weight excluding hydrogens is 456 g/mol. The lowest BCUT2D eigenvalue weighted by molar-refractivity contribution is -0.149. The largest absolute Gasteiger partial charge is 0.466 e. The van der Waals surface area contributed by atoms with E-state index in [0.717, 1.165) is 22.0 Å². The maximum absolute atomic E-state index is 13.4. The van der Waals surface area contributed by atoms with Crippen LogP contribution in [0.3, 0.4) is 0 Å². The number of hydrogen-bond acceptors (Lipinski definition) is 7. The summed E-state index contributed by atoms with van der Waals surface area (Å²) in [4.78, 5) is 31.0. The van der Waals surface area contributed by atoms with Gasteiger partial charge in [0.2, 0.25) is 0 Å². The summed E-state index contributed by atoms with van der Waals surface area (Å²) in [6.07, 6.45) is 1.31. The lowest BCUT2D eigenvalue weighted by Gasteiger charge is -2.36. The van der Waals surface area contributed by atoms with E-state index in [4.69, 9.17) is 4.74 Å². The Hall–Kier alpha value is -3.85. The number of nitrogens with zero attached hydrogens (tertiary/aromatic N) is 5. The summed E-state index contributed by atoms with van der Waals surface area (Å²) >= 11 is 0. The number of tetrazole rings is 1. The van der Waals surface area contributed by atoms with Crippen LogP contribution in [0.5, 0.6) is 0 Å². The van der Waals surface area contributed by atoms with E-state index < -0.39 is 6.04 Å². The minimum absolute atomic E-state index is 0.139. The van der Waals surface area contributed by atoms with Gasteiger partial charge in [-0.05, 0) is 66.3 Å². The van der Waals surface area contributed by atoms with Gasteiger partial charge in [-0.2, -0.15) is 0 Å². The normalized spacial score (nSPS) is 15.7. The summed E-state index contributed by atoms with van der Waals surface area (Å²) in [7, 11) is 0. The molecule has 1 atom stereocenters. The van der Waals surface area contributed by atoms with E-state index in [1.807, 2.05) is 62.4 Å². The van der Waals surface area contributed by atoms with Gasteiger partial charge in [-0.3, -0.25) is 14.5 Å². The second-order valence-electron chi connectivity index (χ2n) is 9.29. The molecule has 0 saturated carbocycles. The van der Waals surface area contributed by atoms with Gasteiger partial charge in [0.15, 0.2) is 5.82 Å². The number of esters is 1. The molecule has 3 heterocycles. The summed E-state index contributed by atoms with van der Waals surface area (Å²) < 4.78 is 7.01. The first-order chi connectivity index (χ1) is 17.5. The first-order valence-corrected chi connectivity index (χ1v) is 12.4. The molecule has 9 nitrogen and oxygen atoms in total. The highest BCUT2D eigenvalue weighted by molar-refractivity contribution is 5.79. The van der Waals surface area contributed by atoms with Gasteiger partial charge in [0.25, 0.3) is 5.56 Å². The SMILES string of the molecule is CCOC(=O)C1CCN([C@H](c2cc3cc(C)ccc3[nH]c2=O)c2nnnn2Cc2ccccc2)CC1. The molecule has 36 heavy (non-hydrogen) atoms. The highest BCUT2D eigenvalue weighted by Gasteiger charge is 2.35. The molecule has 2 aromatic heterocycles. The van der Waals surface area contributed by atoms with E-state index in [1.54, 1.807) is 4.68 Å². The topological polar surface area (TPSA) is 106 Å². The van der Waals surface area contributed by atoms with Crippen molar-refractivity contribution in [3.05, 3.63) is 87.5 Å². The molecule has 186 valence electrons. The molecular formula is C27H30N6O3. The Morgan fingerprint density at radius 2 is 1.92 bits per heavy atom. The molecule has 1 fully saturated rings. The second-order valence-corrected chi connectivity index (χ2v) is 9.29. The predicted molar refractivity (Wildman–Crippen MR) is 135 cm³/mol. The number of benzene rings is 2. The van der Waals surface area contributed by atoms with Crippen LogP contribution in [-0.2, 0) is 16.1 Å². The molecule has 0 spiro atoms. The van der Waals surface area contributed by atoms with Crippen LogP contribution in [0.2, 0.25) is 0 Å². The van der Waals surface area contributed by atoms with Gasteiger partial charge in [0, 0.05) is 24.2 Å². The summed E-state index contributed by atoms with van der Waals surface area (Å²) in [5, 5.41) is 13.6. The highest BCUT2D eigenvalue weighted by Crippen LogP contribution is 2.31. The predicted octanol–water partition coefficient (Wildman–Crippen LogP) is 3.24. The van der Waals surface area contributed by atoms with Gasteiger partial charge in [0.05, 0.1) is 19.1 Å². The lowest BCUT2D eigenvalue weighted by Crippen LogP contribution is -2.42. The molecule has 5 rings (SSSR count). The minimum Gasteiger partial charge on any atom is -0.466 e. The number of fused-ring (bicyclic) bond motifs is 1. The number of nitrogens with one attached hydrogen (secondary N) is 1. The fourth-order valence-corrected chi connectivity index (χ4v) is 4.97. The number of hydrogen-bond donors (Lipinski definition) is 1. The summed E-state index contributed by atoms with van der Waals surface area (Å²) in [6, 6.07) is 17.4. The first-order valence-electron chi connectivity index (χ1n) is 12.4. The second kappa shape index (κ2) is 10.4. The molecule has 1 N–H and O–H groups in total. The van der Waals surface area contributed by atoms with E-state index in [9.17, 15) is 9.59 Å². The zero-order valence-electron chi connectivity index (χ0n) is 20.6. The minimum atomic E-state index is -0.458. The number of carbonyl (C=O) groups excluding carboxylic acids is 1. The number of pyridine rings is 1. The maximum Gasteiger partial charge on any atom is 0.309 e. The summed E-state index contributed by atoms with van der Waals surface area (Å²) in [5.74, 6) is 0.312. The standard InChI is InChI=1S/C27H30N6O3/c1-3-36-27(35)20-11-13-32(14-12-20)24(22-16-21-15-18(2)9-10-23(21)28-26(22)34)25-29-30-31-33(25)17-19-7-5-4-6-8-19/h4-10,15-16,20,24H,3,11-14,17H2,1-2H3,(H,28,34)/t24-/m1/s1. The Balaban J connectivity index is 1.55. The molecule has 4 aromatic rings. The smallest absolute Gasteiger partial charge is 0.309 e. The Kier molecular flexibility index (Phi) is 6.90. The van der Waals surface area contributed by atoms with Crippen molar-refractivity contribution in [1.82, 2.24) is 30.1 Å². The molecule has 2 aromatic carbocycles. The first kappa shape index (κ1) is 23.9. The summed E-state index contributed by atoms with van der Waals surface area (Å²) in [5.41, 5.74) is 3.39. The molecule has 0 bridgehead atoms. The van der Waals surface area contributed by atoms with Gasteiger partial charge < -0.3 is 9.72 Å². The lowest BCUT2D eigenvalue weighted by atomic mass is 9.93. The number of rotatable bonds is 7. The van der Waals surface area contributed by atoms with E-state index in [0.29, 0.717) is 50.5 Å². The molecule has 9 heteroatoms. The summed E-state index contributed by atoms with van der Waals surface area (Å²) in [6.45, 7) is 5.96. The van der Waals surface area contributed by atoms with Gasteiger partial charge in [-0.25, -0.2) is 4.68 Å². The van der Waals surface area contributed by atoms with Crippen LogP contribution in [0, 0.1) is 12.8 Å². The van der Waals surface area contributed by atoms with Crippen molar-refractivity contribution in [3.8, 4) is 0 Å². The molecule has 1 aliphatic rings. The van der Waals surface area contributed by atoms with Crippen molar-refractivity contribution < 1.29 is 9.53 Å². The van der Waals surface area contributed by atoms with Gasteiger partial charge in [-0.1, -0.05) is 42.0 Å². The average Bonchev–Trinajstić information content (AvgIpc) is 3.33. The van der Waals surface area contributed by atoms with Crippen LogP contribution in [0.1, 0.15) is 48.3 Å². The van der Waals surface area contributed by atoms with Crippen LogP contribution >= 0.6 is 0 Å². The third kappa shape index (κ3) is 4.92. The van der Waals surface area contributed by atoms with Crippen LogP contribution < -0.4 is 5.56 Å². The van der Waals surface area contributed by atoms with Crippen molar-refractivity contribution in [1.29, 1.82) is 0 Å². The molecule has 1 aliphatic heterocycles. The number of aryl methyl sites for hydroxylation is 1. The number of carbonyl (C=O) groups is 1. The fourth-order valence-electron chi connectivity index (χ4n) is 4.97. The Labute approximate surface area is 209 Å². The van der Waals surface area contributed by atoms with E-state index >= 15 is 0 Å². The van der Waals surface area contributed by atoms with Crippen molar-refractivity contribution in [3.63, 3.8) is 0 Å².